The van der Waals surface area contributed by atoms with Crippen molar-refractivity contribution < 1.29 is 18.0 Å². The third kappa shape index (κ3) is 5.30. The number of pyridine rings is 1. The molecule has 176 valence electrons. The molecule has 34 heavy (non-hydrogen) atoms. The first-order valence-electron chi connectivity index (χ1n) is 11.3. The Morgan fingerprint density at radius 3 is 2.59 bits per heavy atom. The normalized spacial score (nSPS) is 20.9. The summed E-state index contributed by atoms with van der Waals surface area (Å²) in [6.45, 7) is 2.07. The zero-order chi connectivity index (χ0) is 24.3. The van der Waals surface area contributed by atoms with Gasteiger partial charge in [-0.2, -0.15) is 18.4 Å². The van der Waals surface area contributed by atoms with Crippen LogP contribution in [0.4, 0.5) is 18.9 Å². The Balaban J connectivity index is 1.48. The zero-order valence-electron chi connectivity index (χ0n) is 18.7. The van der Waals surface area contributed by atoms with Crippen molar-refractivity contribution in [2.75, 3.05) is 5.32 Å². The Hall–Kier alpha value is -3.60. The second kappa shape index (κ2) is 9.72. The van der Waals surface area contributed by atoms with E-state index in [1.807, 2.05) is 6.07 Å². The van der Waals surface area contributed by atoms with Crippen LogP contribution in [-0.4, -0.2) is 23.0 Å². The first-order chi connectivity index (χ1) is 16.2. The number of amides is 1. The molecule has 0 aliphatic heterocycles. The number of nitriles is 1. The SMILES string of the molecule is CC1CC[C@H](Nc2cc(C(F)(F)F)nc3ccccc23)CC[C@@H]1NC(=O)c1cccc(C#N)c1. The van der Waals surface area contributed by atoms with Crippen LogP contribution in [0.2, 0.25) is 0 Å². The number of nitrogens with one attached hydrogen (secondary N) is 2. The lowest BCUT2D eigenvalue weighted by Crippen LogP contribution is -2.39. The number of para-hydroxylation sites is 1. The third-order valence-electron chi connectivity index (χ3n) is 6.42. The van der Waals surface area contributed by atoms with E-state index in [-0.39, 0.29) is 23.9 Å². The van der Waals surface area contributed by atoms with Crippen LogP contribution in [0.3, 0.4) is 0 Å². The van der Waals surface area contributed by atoms with Crippen LogP contribution in [0, 0.1) is 17.2 Å². The number of nitrogens with zero attached hydrogens (tertiary/aromatic N) is 2. The van der Waals surface area contributed by atoms with Crippen molar-refractivity contribution in [3.05, 3.63) is 71.4 Å². The van der Waals surface area contributed by atoms with Crippen molar-refractivity contribution in [1.82, 2.24) is 10.3 Å². The molecule has 5 nitrogen and oxygen atoms in total. The minimum absolute atomic E-state index is 0.0295. The fourth-order valence-electron chi connectivity index (χ4n) is 4.48. The Morgan fingerprint density at radius 2 is 1.82 bits per heavy atom. The molecule has 1 amide bonds. The van der Waals surface area contributed by atoms with E-state index in [4.69, 9.17) is 5.26 Å². The van der Waals surface area contributed by atoms with Crippen molar-refractivity contribution in [2.45, 2.75) is 50.9 Å². The summed E-state index contributed by atoms with van der Waals surface area (Å²) in [5, 5.41) is 16.1. The molecule has 1 aromatic heterocycles. The molecule has 1 saturated carbocycles. The molecule has 3 aromatic rings. The molecule has 0 bridgehead atoms. The minimum Gasteiger partial charge on any atom is -0.382 e. The lowest BCUT2D eigenvalue weighted by Gasteiger charge is -2.23. The van der Waals surface area contributed by atoms with Gasteiger partial charge in [0, 0.05) is 28.7 Å². The topological polar surface area (TPSA) is 77.8 Å². The van der Waals surface area contributed by atoms with Gasteiger partial charge in [-0.15, -0.1) is 0 Å². The lowest BCUT2D eigenvalue weighted by molar-refractivity contribution is -0.140. The largest absolute Gasteiger partial charge is 0.433 e. The first-order valence-corrected chi connectivity index (χ1v) is 11.3. The number of aromatic nitrogens is 1. The van der Waals surface area contributed by atoms with Crippen molar-refractivity contribution in [3.8, 4) is 6.07 Å². The molecule has 0 spiro atoms. The molecule has 0 saturated heterocycles. The monoisotopic (exact) mass is 466 g/mol. The fourth-order valence-corrected chi connectivity index (χ4v) is 4.48. The Labute approximate surface area is 196 Å². The molecule has 1 fully saturated rings. The van der Waals surface area contributed by atoms with Crippen LogP contribution >= 0.6 is 0 Å². The highest BCUT2D eigenvalue weighted by Gasteiger charge is 2.34. The van der Waals surface area contributed by atoms with Gasteiger partial charge in [0.1, 0.15) is 5.69 Å². The highest BCUT2D eigenvalue weighted by Crippen LogP contribution is 2.34. The van der Waals surface area contributed by atoms with E-state index in [9.17, 15) is 18.0 Å². The van der Waals surface area contributed by atoms with E-state index in [0.29, 0.717) is 40.6 Å². The Kier molecular flexibility index (Phi) is 6.73. The number of fused-ring (bicyclic) bond motifs is 1. The second-order valence-corrected chi connectivity index (χ2v) is 8.82. The van der Waals surface area contributed by atoms with Gasteiger partial charge in [0.15, 0.2) is 0 Å². The summed E-state index contributed by atoms with van der Waals surface area (Å²) in [4.78, 5) is 16.5. The summed E-state index contributed by atoms with van der Waals surface area (Å²) in [6, 6.07) is 16.4. The Morgan fingerprint density at radius 1 is 1.06 bits per heavy atom. The second-order valence-electron chi connectivity index (χ2n) is 8.82. The summed E-state index contributed by atoms with van der Waals surface area (Å²) >= 11 is 0. The van der Waals surface area contributed by atoms with Crippen LogP contribution in [0.5, 0.6) is 0 Å². The van der Waals surface area contributed by atoms with E-state index >= 15 is 0 Å². The van der Waals surface area contributed by atoms with Gasteiger partial charge in [0.25, 0.3) is 5.91 Å². The molecule has 2 aromatic carbocycles. The van der Waals surface area contributed by atoms with Gasteiger partial charge >= 0.3 is 6.18 Å². The molecule has 2 N–H and O–H groups in total. The highest BCUT2D eigenvalue weighted by atomic mass is 19.4. The molecule has 1 unspecified atom stereocenters. The van der Waals surface area contributed by atoms with Crippen molar-refractivity contribution in [2.24, 2.45) is 5.92 Å². The van der Waals surface area contributed by atoms with Crippen LogP contribution in [0.15, 0.2) is 54.6 Å². The molecule has 1 heterocycles. The van der Waals surface area contributed by atoms with Crippen LogP contribution in [0.1, 0.15) is 54.2 Å². The predicted molar refractivity (Wildman–Crippen MR) is 124 cm³/mol. The number of halogens is 3. The standard InChI is InChI=1S/C26H25F3N4O/c1-16-9-10-19(11-12-21(16)33-25(34)18-6-4-5-17(13-18)15-30)31-23-14-24(26(27,28)29)32-22-8-3-2-7-20(22)23/h2-8,13-14,16,19,21H,9-12H2,1H3,(H,31,32)(H,33,34)/t16?,19-,21-/m0/s1. The number of anilines is 1. The van der Waals surface area contributed by atoms with E-state index in [1.54, 1.807) is 48.5 Å². The van der Waals surface area contributed by atoms with E-state index in [0.717, 1.165) is 18.9 Å². The predicted octanol–water partition coefficient (Wildman–Crippen LogP) is 5.91. The number of hydrogen-bond donors (Lipinski definition) is 2. The van der Waals surface area contributed by atoms with E-state index in [1.165, 1.54) is 0 Å². The summed E-state index contributed by atoms with van der Waals surface area (Å²) < 4.78 is 40.2. The maximum absolute atomic E-state index is 13.4. The maximum Gasteiger partial charge on any atom is 0.433 e. The third-order valence-corrected chi connectivity index (χ3v) is 6.42. The molecule has 1 aliphatic carbocycles. The average Bonchev–Trinajstić information content (AvgIpc) is 2.99. The number of carbonyl (C=O) groups is 1. The van der Waals surface area contributed by atoms with Crippen LogP contribution in [0.25, 0.3) is 10.9 Å². The molecular formula is C26H25F3N4O. The molecule has 8 heteroatoms. The van der Waals surface area contributed by atoms with Gasteiger partial charge in [0.2, 0.25) is 0 Å². The van der Waals surface area contributed by atoms with Crippen LogP contribution in [-0.2, 0) is 6.18 Å². The number of rotatable bonds is 4. The quantitative estimate of drug-likeness (QED) is 0.468. The molecule has 0 radical (unpaired) electrons. The highest BCUT2D eigenvalue weighted by molar-refractivity contribution is 5.94. The minimum atomic E-state index is -4.53. The Bertz CT molecular complexity index is 1230. The number of carbonyl (C=O) groups excluding carboxylic acids is 1. The summed E-state index contributed by atoms with van der Waals surface area (Å²) in [7, 11) is 0. The smallest absolute Gasteiger partial charge is 0.382 e. The van der Waals surface area contributed by atoms with Crippen molar-refractivity contribution >= 4 is 22.5 Å². The molecule has 3 atom stereocenters. The van der Waals surface area contributed by atoms with Gasteiger partial charge in [0.05, 0.1) is 17.1 Å². The molecule has 4 rings (SSSR count). The summed E-state index contributed by atoms with van der Waals surface area (Å²) in [6.07, 6.45) is -1.55. The summed E-state index contributed by atoms with van der Waals surface area (Å²) in [5.41, 5.74) is 0.667. The average molecular weight is 467 g/mol. The van der Waals surface area contributed by atoms with Gasteiger partial charge in [-0.05, 0) is 61.9 Å². The first kappa shape index (κ1) is 23.6. The number of benzene rings is 2. The molecule has 1 aliphatic rings. The lowest BCUT2D eigenvalue weighted by atomic mass is 9.96. The van der Waals surface area contributed by atoms with Crippen molar-refractivity contribution in [1.29, 1.82) is 5.26 Å². The van der Waals surface area contributed by atoms with Gasteiger partial charge < -0.3 is 10.6 Å². The number of alkyl halides is 3. The number of hydrogen-bond acceptors (Lipinski definition) is 4. The van der Waals surface area contributed by atoms with Crippen LogP contribution < -0.4 is 10.6 Å². The van der Waals surface area contributed by atoms with Crippen molar-refractivity contribution in [3.63, 3.8) is 0 Å². The molecular weight excluding hydrogens is 441 g/mol. The van der Waals surface area contributed by atoms with Gasteiger partial charge in [-0.3, -0.25) is 4.79 Å². The van der Waals surface area contributed by atoms with Gasteiger partial charge in [-0.25, -0.2) is 4.98 Å². The van der Waals surface area contributed by atoms with E-state index < -0.39 is 11.9 Å². The summed E-state index contributed by atoms with van der Waals surface area (Å²) in [5.74, 6) is -0.0230. The van der Waals surface area contributed by atoms with Gasteiger partial charge in [-0.1, -0.05) is 31.2 Å². The zero-order valence-corrected chi connectivity index (χ0v) is 18.7. The van der Waals surface area contributed by atoms with E-state index in [2.05, 4.69) is 22.5 Å². The maximum atomic E-state index is 13.4. The fraction of sp³-hybridized carbons (Fsp3) is 0.346.